The number of aromatic hydroxyl groups is 1. The second-order valence-corrected chi connectivity index (χ2v) is 6.13. The van der Waals surface area contributed by atoms with Gasteiger partial charge in [0.1, 0.15) is 11.6 Å². The molecule has 24 heavy (non-hydrogen) atoms. The van der Waals surface area contributed by atoms with Crippen LogP contribution in [0.5, 0.6) is 5.75 Å². The Kier molecular flexibility index (Phi) is 6.13. The highest BCUT2D eigenvalue weighted by Crippen LogP contribution is 2.29. The van der Waals surface area contributed by atoms with Crippen molar-refractivity contribution >= 4 is 35.6 Å². The molecule has 2 aromatic carbocycles. The zero-order valence-electron chi connectivity index (χ0n) is 12.5. The number of hydrogen-bond acceptors (Lipinski definition) is 3. The molecule has 0 aliphatic heterocycles. The van der Waals surface area contributed by atoms with Gasteiger partial charge in [-0.15, -0.1) is 12.4 Å². The molecule has 1 aromatic heterocycles. The molecule has 4 nitrogen and oxygen atoms in total. The Bertz CT molecular complexity index is 818. The molecule has 0 radical (unpaired) electrons. The van der Waals surface area contributed by atoms with E-state index in [0.29, 0.717) is 22.3 Å². The number of phenols is 1. The second-order valence-electron chi connectivity index (χ2n) is 5.28. The molecule has 0 fully saturated rings. The number of aromatic amines is 1. The van der Waals surface area contributed by atoms with E-state index in [1.165, 1.54) is 0 Å². The molecule has 1 atom stereocenters. The molecule has 0 amide bonds. The third-order valence-electron chi connectivity index (χ3n) is 3.56. The number of aromatic nitrogens is 2. The SMILES string of the molecule is Cl.N[C@@H](Cc1ccc(O)cc1)c1ncc(-c2ccc(Cl)cc2Cl)[nH]1. The topological polar surface area (TPSA) is 74.9 Å². The van der Waals surface area contributed by atoms with Gasteiger partial charge >= 0.3 is 0 Å². The van der Waals surface area contributed by atoms with Crippen molar-refractivity contribution < 1.29 is 5.11 Å². The van der Waals surface area contributed by atoms with E-state index in [0.717, 1.165) is 16.8 Å². The van der Waals surface area contributed by atoms with E-state index in [2.05, 4.69) is 9.97 Å². The van der Waals surface area contributed by atoms with Crippen LogP contribution in [-0.2, 0) is 6.42 Å². The first-order chi connectivity index (χ1) is 11.0. The zero-order valence-corrected chi connectivity index (χ0v) is 14.9. The number of nitrogens with zero attached hydrogens (tertiary/aromatic N) is 1. The molecule has 0 saturated heterocycles. The van der Waals surface area contributed by atoms with Crippen LogP contribution in [0.25, 0.3) is 11.3 Å². The van der Waals surface area contributed by atoms with Crippen molar-refractivity contribution in [2.45, 2.75) is 12.5 Å². The number of benzene rings is 2. The molecule has 0 saturated carbocycles. The molecule has 3 rings (SSSR count). The van der Waals surface area contributed by atoms with Crippen molar-refractivity contribution in [2.24, 2.45) is 5.73 Å². The number of phenolic OH excluding ortho intramolecular Hbond substituents is 1. The average molecular weight is 385 g/mol. The number of halogens is 3. The van der Waals surface area contributed by atoms with Crippen LogP contribution in [0, 0.1) is 0 Å². The predicted molar refractivity (Wildman–Crippen MR) is 100 cm³/mol. The lowest BCUT2D eigenvalue weighted by atomic mass is 10.1. The van der Waals surface area contributed by atoms with E-state index in [9.17, 15) is 5.11 Å². The number of hydrogen-bond donors (Lipinski definition) is 3. The summed E-state index contributed by atoms with van der Waals surface area (Å²) in [5, 5.41) is 10.5. The highest BCUT2D eigenvalue weighted by molar-refractivity contribution is 6.36. The largest absolute Gasteiger partial charge is 0.508 e. The van der Waals surface area contributed by atoms with Gasteiger partial charge in [0.25, 0.3) is 0 Å². The Balaban J connectivity index is 0.00000208. The fraction of sp³-hybridized carbons (Fsp3) is 0.118. The normalized spacial score (nSPS) is 11.8. The fourth-order valence-corrected chi connectivity index (χ4v) is 2.86. The van der Waals surface area contributed by atoms with E-state index < -0.39 is 0 Å². The first-order valence-electron chi connectivity index (χ1n) is 7.07. The van der Waals surface area contributed by atoms with Crippen LogP contribution in [0.15, 0.2) is 48.7 Å². The molecule has 0 bridgehead atoms. The van der Waals surface area contributed by atoms with Crippen LogP contribution in [0.4, 0.5) is 0 Å². The smallest absolute Gasteiger partial charge is 0.123 e. The summed E-state index contributed by atoms with van der Waals surface area (Å²) in [6.45, 7) is 0. The Morgan fingerprint density at radius 1 is 1.12 bits per heavy atom. The minimum absolute atomic E-state index is 0. The van der Waals surface area contributed by atoms with Gasteiger partial charge in [-0.25, -0.2) is 4.98 Å². The van der Waals surface area contributed by atoms with Crippen molar-refractivity contribution in [3.8, 4) is 17.0 Å². The van der Waals surface area contributed by atoms with Crippen molar-refractivity contribution in [1.82, 2.24) is 9.97 Å². The molecule has 0 unspecified atom stereocenters. The van der Waals surface area contributed by atoms with Crippen molar-refractivity contribution in [3.05, 3.63) is 70.1 Å². The van der Waals surface area contributed by atoms with Gasteiger partial charge in [-0.1, -0.05) is 35.3 Å². The van der Waals surface area contributed by atoms with Gasteiger partial charge in [-0.05, 0) is 42.3 Å². The van der Waals surface area contributed by atoms with Crippen molar-refractivity contribution in [2.75, 3.05) is 0 Å². The van der Waals surface area contributed by atoms with Crippen molar-refractivity contribution in [3.63, 3.8) is 0 Å². The van der Waals surface area contributed by atoms with Crippen LogP contribution in [-0.4, -0.2) is 15.1 Å². The van der Waals surface area contributed by atoms with E-state index in [-0.39, 0.29) is 24.2 Å². The summed E-state index contributed by atoms with van der Waals surface area (Å²) < 4.78 is 0. The molecule has 0 spiro atoms. The highest BCUT2D eigenvalue weighted by atomic mass is 35.5. The number of H-pyrrole nitrogens is 1. The first kappa shape index (κ1) is 18.6. The standard InChI is InChI=1S/C17H15Cl2N3O.ClH/c18-11-3-6-13(14(19)8-11)16-9-21-17(22-16)15(20)7-10-1-4-12(23)5-2-10;/h1-6,8-9,15,23H,7,20H2,(H,21,22);1H/t15-;/m0./s1. The molecule has 0 aliphatic rings. The molecule has 7 heteroatoms. The van der Waals surface area contributed by atoms with E-state index in [4.69, 9.17) is 28.9 Å². The van der Waals surface area contributed by atoms with Gasteiger partial charge in [-0.3, -0.25) is 0 Å². The van der Waals surface area contributed by atoms with Gasteiger partial charge in [0.2, 0.25) is 0 Å². The first-order valence-corrected chi connectivity index (χ1v) is 7.82. The van der Waals surface area contributed by atoms with E-state index in [1.807, 2.05) is 18.2 Å². The Morgan fingerprint density at radius 2 is 1.83 bits per heavy atom. The maximum Gasteiger partial charge on any atom is 0.123 e. The third kappa shape index (κ3) is 4.22. The van der Waals surface area contributed by atoms with Crippen molar-refractivity contribution in [1.29, 1.82) is 0 Å². The van der Waals surface area contributed by atoms with E-state index in [1.54, 1.807) is 30.5 Å². The summed E-state index contributed by atoms with van der Waals surface area (Å²) in [7, 11) is 0. The van der Waals surface area contributed by atoms with Gasteiger partial charge in [-0.2, -0.15) is 0 Å². The Labute approximate surface area is 156 Å². The molecule has 4 N–H and O–H groups in total. The second kappa shape index (κ2) is 7.90. The molecule has 0 aliphatic carbocycles. The minimum atomic E-state index is -0.278. The third-order valence-corrected chi connectivity index (χ3v) is 4.11. The zero-order chi connectivity index (χ0) is 16.4. The van der Waals surface area contributed by atoms with Crippen LogP contribution in [0.1, 0.15) is 17.4 Å². The summed E-state index contributed by atoms with van der Waals surface area (Å²) in [6, 6.07) is 12.0. The number of rotatable bonds is 4. The summed E-state index contributed by atoms with van der Waals surface area (Å²) in [6.07, 6.45) is 2.32. The lowest BCUT2D eigenvalue weighted by Crippen LogP contribution is -2.14. The maximum atomic E-state index is 9.31. The number of nitrogens with one attached hydrogen (secondary N) is 1. The van der Waals surface area contributed by atoms with Crippen LogP contribution < -0.4 is 5.73 Å². The van der Waals surface area contributed by atoms with Gasteiger partial charge in [0, 0.05) is 10.6 Å². The molecular formula is C17H16Cl3N3O. The average Bonchev–Trinajstić information content (AvgIpc) is 2.99. The summed E-state index contributed by atoms with van der Waals surface area (Å²) in [5.74, 6) is 0.916. The summed E-state index contributed by atoms with van der Waals surface area (Å²) in [4.78, 5) is 7.56. The number of imidazole rings is 1. The van der Waals surface area contributed by atoms with Gasteiger partial charge < -0.3 is 15.8 Å². The lowest BCUT2D eigenvalue weighted by Gasteiger charge is -2.09. The monoisotopic (exact) mass is 383 g/mol. The quantitative estimate of drug-likeness (QED) is 0.607. The minimum Gasteiger partial charge on any atom is -0.508 e. The van der Waals surface area contributed by atoms with Gasteiger partial charge in [0.15, 0.2) is 0 Å². The Hall–Kier alpha value is -1.72. The lowest BCUT2D eigenvalue weighted by molar-refractivity contribution is 0.475. The molecule has 126 valence electrons. The number of nitrogens with two attached hydrogens (primary N) is 1. The summed E-state index contributed by atoms with van der Waals surface area (Å²) >= 11 is 12.1. The molecule has 1 heterocycles. The van der Waals surface area contributed by atoms with Crippen LogP contribution in [0.3, 0.4) is 0 Å². The summed E-state index contributed by atoms with van der Waals surface area (Å²) in [5.41, 5.74) is 8.85. The van der Waals surface area contributed by atoms with Crippen LogP contribution >= 0.6 is 35.6 Å². The predicted octanol–water partition coefficient (Wildman–Crippen LogP) is 4.75. The Morgan fingerprint density at radius 3 is 2.50 bits per heavy atom. The fourth-order valence-electron chi connectivity index (χ4n) is 2.35. The van der Waals surface area contributed by atoms with Gasteiger partial charge in [0.05, 0.1) is 23.0 Å². The molecular weight excluding hydrogens is 369 g/mol. The van der Waals surface area contributed by atoms with Crippen LogP contribution in [0.2, 0.25) is 10.0 Å². The molecule has 3 aromatic rings. The highest BCUT2D eigenvalue weighted by Gasteiger charge is 2.13. The van der Waals surface area contributed by atoms with E-state index >= 15 is 0 Å². The maximum absolute atomic E-state index is 9.31.